The predicted octanol–water partition coefficient (Wildman–Crippen LogP) is 1.66. The lowest BCUT2D eigenvalue weighted by Gasteiger charge is -2.11. The fourth-order valence-electron chi connectivity index (χ4n) is 1.24. The van der Waals surface area contributed by atoms with Gasteiger partial charge in [-0.15, -0.1) is 0 Å². The molecule has 0 atom stereocenters. The summed E-state index contributed by atoms with van der Waals surface area (Å²) in [5, 5.41) is 8.76. The molecule has 0 radical (unpaired) electrons. The van der Waals surface area contributed by atoms with E-state index in [1.165, 1.54) is 6.08 Å². The van der Waals surface area contributed by atoms with Gasteiger partial charge in [0, 0.05) is 26.0 Å². The smallest absolute Gasteiger partial charge is 0.185 e. The van der Waals surface area contributed by atoms with E-state index in [9.17, 15) is 8.42 Å². The zero-order valence-corrected chi connectivity index (χ0v) is 10.8. The highest BCUT2D eigenvalue weighted by Gasteiger charge is 2.10. The lowest BCUT2D eigenvalue weighted by Crippen LogP contribution is -2.08. The van der Waals surface area contributed by atoms with Gasteiger partial charge in [0.1, 0.15) is 11.0 Å². The van der Waals surface area contributed by atoms with Crippen molar-refractivity contribution in [2.75, 3.05) is 25.3 Å². The molecule has 17 heavy (non-hydrogen) atoms. The molecule has 1 aromatic rings. The van der Waals surface area contributed by atoms with Gasteiger partial charge in [0.2, 0.25) is 0 Å². The Balaban J connectivity index is 3.12. The highest BCUT2D eigenvalue weighted by Crippen LogP contribution is 2.16. The number of hydrogen-bond acceptors (Lipinski definition) is 4. The highest BCUT2D eigenvalue weighted by molar-refractivity contribution is 7.95. The Labute approximate surface area is 102 Å². The van der Waals surface area contributed by atoms with Crippen molar-refractivity contribution in [3.05, 3.63) is 34.7 Å². The number of anilines is 1. The number of benzene rings is 1. The molecule has 0 amide bonds. The molecule has 0 saturated carbocycles. The minimum atomic E-state index is -3.45. The molecular weight excluding hydrogens is 236 g/mol. The molecule has 0 bridgehead atoms. The van der Waals surface area contributed by atoms with Crippen LogP contribution in [0.2, 0.25) is 0 Å². The molecule has 0 heterocycles. The molecule has 0 aliphatic heterocycles. The van der Waals surface area contributed by atoms with E-state index in [0.717, 1.165) is 11.9 Å². The number of nitriles is 1. The lowest BCUT2D eigenvalue weighted by molar-refractivity contribution is 0.609. The Hall–Kier alpha value is -1.80. The molecule has 0 fully saturated rings. The van der Waals surface area contributed by atoms with E-state index in [1.54, 1.807) is 18.2 Å². The number of nitrogens with zero attached hydrogens (tertiary/aromatic N) is 2. The van der Waals surface area contributed by atoms with Crippen molar-refractivity contribution in [3.63, 3.8) is 0 Å². The van der Waals surface area contributed by atoms with Crippen molar-refractivity contribution in [1.82, 2.24) is 0 Å². The summed E-state index contributed by atoms with van der Waals surface area (Å²) in [6.45, 7) is 0. The van der Waals surface area contributed by atoms with Gasteiger partial charge in [0.25, 0.3) is 0 Å². The van der Waals surface area contributed by atoms with Crippen LogP contribution in [-0.4, -0.2) is 28.8 Å². The number of sulfone groups is 1. The van der Waals surface area contributed by atoms with Crippen LogP contribution in [0, 0.1) is 11.3 Å². The van der Waals surface area contributed by atoms with Crippen LogP contribution in [0.3, 0.4) is 0 Å². The van der Waals surface area contributed by atoms with Crippen LogP contribution in [0.15, 0.2) is 29.2 Å². The van der Waals surface area contributed by atoms with Crippen LogP contribution in [0.5, 0.6) is 0 Å². The summed E-state index contributed by atoms with van der Waals surface area (Å²) in [5.74, 6) is 0. The maximum absolute atomic E-state index is 11.2. The number of rotatable bonds is 3. The summed E-state index contributed by atoms with van der Waals surface area (Å²) >= 11 is 0. The normalized spacial score (nSPS) is 12.0. The third-order valence-electron chi connectivity index (χ3n) is 2.22. The summed E-state index contributed by atoms with van der Waals surface area (Å²) in [6, 6.07) is 8.97. The molecule has 1 aromatic carbocycles. The maximum atomic E-state index is 11.2. The second kappa shape index (κ2) is 5.02. The SMILES string of the molecule is CN(C)c1ccc(/C=C(\C#N)S(C)(=O)=O)cc1. The molecule has 0 spiro atoms. The van der Waals surface area contributed by atoms with Crippen LogP contribution < -0.4 is 4.90 Å². The monoisotopic (exact) mass is 250 g/mol. The maximum Gasteiger partial charge on any atom is 0.185 e. The second-order valence-electron chi connectivity index (χ2n) is 3.88. The molecular formula is C12H14N2O2S. The van der Waals surface area contributed by atoms with Crippen molar-refractivity contribution < 1.29 is 8.42 Å². The standard InChI is InChI=1S/C12H14N2O2S/c1-14(2)11-6-4-10(5-7-11)8-12(9-13)17(3,15)16/h4-8H,1-3H3/b12-8+. The Bertz CT molecular complexity index is 564. The van der Waals surface area contributed by atoms with Crippen molar-refractivity contribution >= 4 is 21.6 Å². The molecule has 0 saturated heterocycles. The predicted molar refractivity (Wildman–Crippen MR) is 69.2 cm³/mol. The van der Waals surface area contributed by atoms with Crippen molar-refractivity contribution in [3.8, 4) is 6.07 Å². The largest absolute Gasteiger partial charge is 0.378 e. The minimum Gasteiger partial charge on any atom is -0.378 e. The van der Waals surface area contributed by atoms with Gasteiger partial charge in [-0.1, -0.05) is 12.1 Å². The summed E-state index contributed by atoms with van der Waals surface area (Å²) < 4.78 is 22.5. The molecule has 0 aliphatic carbocycles. The Morgan fingerprint density at radius 2 is 1.82 bits per heavy atom. The first-order valence-electron chi connectivity index (χ1n) is 4.94. The molecule has 4 nitrogen and oxygen atoms in total. The van der Waals surface area contributed by atoms with E-state index in [0.29, 0.717) is 5.56 Å². The molecule has 5 heteroatoms. The molecule has 0 aliphatic rings. The summed E-state index contributed by atoms with van der Waals surface area (Å²) in [6.07, 6.45) is 2.39. The molecule has 0 unspecified atom stereocenters. The van der Waals surface area contributed by atoms with Crippen LogP contribution in [0.4, 0.5) is 5.69 Å². The van der Waals surface area contributed by atoms with E-state index < -0.39 is 9.84 Å². The van der Waals surface area contributed by atoms with Gasteiger partial charge in [0.15, 0.2) is 9.84 Å². The van der Waals surface area contributed by atoms with Crippen LogP contribution >= 0.6 is 0 Å². The average Bonchev–Trinajstić information content (AvgIpc) is 2.24. The molecule has 90 valence electrons. The van der Waals surface area contributed by atoms with Gasteiger partial charge >= 0.3 is 0 Å². The van der Waals surface area contributed by atoms with Gasteiger partial charge in [-0.05, 0) is 23.8 Å². The van der Waals surface area contributed by atoms with Crippen LogP contribution in [-0.2, 0) is 9.84 Å². The van der Waals surface area contributed by atoms with Gasteiger partial charge < -0.3 is 4.90 Å². The first-order chi connectivity index (χ1) is 7.84. The number of allylic oxidation sites excluding steroid dienone is 1. The lowest BCUT2D eigenvalue weighted by atomic mass is 10.2. The summed E-state index contributed by atoms with van der Waals surface area (Å²) in [5.41, 5.74) is 1.71. The van der Waals surface area contributed by atoms with E-state index in [4.69, 9.17) is 5.26 Å². The Morgan fingerprint density at radius 3 is 2.18 bits per heavy atom. The Kier molecular flexibility index (Phi) is 3.92. The average molecular weight is 250 g/mol. The minimum absolute atomic E-state index is 0.227. The van der Waals surface area contributed by atoms with Crippen molar-refractivity contribution in [2.45, 2.75) is 0 Å². The van der Waals surface area contributed by atoms with Crippen molar-refractivity contribution in [2.24, 2.45) is 0 Å². The van der Waals surface area contributed by atoms with E-state index in [-0.39, 0.29) is 4.91 Å². The third-order valence-corrected chi connectivity index (χ3v) is 3.22. The van der Waals surface area contributed by atoms with E-state index in [1.807, 2.05) is 31.1 Å². The zero-order chi connectivity index (χ0) is 13.1. The van der Waals surface area contributed by atoms with E-state index in [2.05, 4.69) is 0 Å². The molecule has 0 N–H and O–H groups in total. The highest BCUT2D eigenvalue weighted by atomic mass is 32.2. The zero-order valence-electron chi connectivity index (χ0n) is 10.0. The van der Waals surface area contributed by atoms with Gasteiger partial charge in [-0.2, -0.15) is 5.26 Å². The fourth-order valence-corrected chi connectivity index (χ4v) is 1.76. The van der Waals surface area contributed by atoms with Gasteiger partial charge in [-0.3, -0.25) is 0 Å². The second-order valence-corrected chi connectivity index (χ2v) is 5.86. The fraction of sp³-hybridized carbons (Fsp3) is 0.250. The number of hydrogen-bond donors (Lipinski definition) is 0. The van der Waals surface area contributed by atoms with Crippen LogP contribution in [0.1, 0.15) is 5.56 Å². The summed E-state index contributed by atoms with van der Waals surface area (Å²) in [7, 11) is 0.387. The van der Waals surface area contributed by atoms with Crippen LogP contribution in [0.25, 0.3) is 6.08 Å². The topological polar surface area (TPSA) is 61.2 Å². The van der Waals surface area contributed by atoms with Gasteiger partial charge in [-0.25, -0.2) is 8.42 Å². The quantitative estimate of drug-likeness (QED) is 0.765. The van der Waals surface area contributed by atoms with Crippen molar-refractivity contribution in [1.29, 1.82) is 5.26 Å². The van der Waals surface area contributed by atoms with Gasteiger partial charge in [0.05, 0.1) is 0 Å². The first-order valence-corrected chi connectivity index (χ1v) is 6.83. The first kappa shape index (κ1) is 13.3. The third kappa shape index (κ3) is 3.61. The summed E-state index contributed by atoms with van der Waals surface area (Å²) in [4.78, 5) is 1.71. The molecule has 1 rings (SSSR count). The Morgan fingerprint density at radius 1 is 1.29 bits per heavy atom. The van der Waals surface area contributed by atoms with E-state index >= 15 is 0 Å². The molecule has 0 aromatic heterocycles.